The Kier molecular flexibility index (Phi) is 3.66. The Balaban J connectivity index is 1.68. The van der Waals surface area contributed by atoms with E-state index in [0.717, 1.165) is 11.7 Å². The Morgan fingerprint density at radius 2 is 1.38 bits per heavy atom. The van der Waals surface area contributed by atoms with Gasteiger partial charge in [0.15, 0.2) is 0 Å². The maximum Gasteiger partial charge on any atom is 0.233 e. The maximum atomic E-state index is 4.62. The molecule has 0 unspecified atom stereocenters. The lowest BCUT2D eigenvalue weighted by atomic mass is 9.85. The predicted octanol–water partition coefficient (Wildman–Crippen LogP) is 4.82. The number of aromatic nitrogens is 3. The molecule has 0 N–H and O–H groups in total. The van der Waals surface area contributed by atoms with Crippen molar-refractivity contribution >= 4 is 5.78 Å². The molecule has 0 bridgehead atoms. The first-order chi connectivity index (χ1) is 10.4. The molecule has 0 saturated heterocycles. The lowest BCUT2D eigenvalue weighted by Gasteiger charge is -2.23. The minimum Gasteiger partial charge on any atom is -0.288 e. The molecule has 21 heavy (non-hydrogen) atoms. The van der Waals surface area contributed by atoms with Crippen LogP contribution in [0.4, 0.5) is 0 Å². The zero-order chi connectivity index (χ0) is 14.1. The minimum absolute atomic E-state index is 0.692. The van der Waals surface area contributed by atoms with Crippen LogP contribution in [-0.4, -0.2) is 14.4 Å². The highest BCUT2D eigenvalue weighted by Crippen LogP contribution is 2.35. The molecule has 2 aliphatic rings. The van der Waals surface area contributed by atoms with Gasteiger partial charge in [-0.1, -0.05) is 38.5 Å². The van der Waals surface area contributed by atoms with Crippen molar-refractivity contribution < 1.29 is 0 Å². The van der Waals surface area contributed by atoms with E-state index in [0.29, 0.717) is 5.92 Å². The van der Waals surface area contributed by atoms with Gasteiger partial charge < -0.3 is 0 Å². The first-order valence-corrected chi connectivity index (χ1v) is 8.75. The molecular formula is C18H25N3. The number of nitrogens with zero attached hydrogens (tertiary/aromatic N) is 3. The fourth-order valence-corrected chi connectivity index (χ4v) is 4.25. The number of hydrogen-bond acceptors (Lipinski definition) is 2. The average molecular weight is 283 g/mol. The third-order valence-corrected chi connectivity index (χ3v) is 5.51. The third kappa shape index (κ3) is 2.58. The van der Waals surface area contributed by atoms with Crippen LogP contribution in [0.15, 0.2) is 18.6 Å². The normalized spacial score (nSPS) is 21.9. The third-order valence-electron chi connectivity index (χ3n) is 5.51. The summed E-state index contributed by atoms with van der Waals surface area (Å²) in [5.74, 6) is 2.30. The number of hydrogen-bond donors (Lipinski definition) is 0. The molecule has 0 amide bonds. The van der Waals surface area contributed by atoms with E-state index < -0.39 is 0 Å². The Morgan fingerprint density at radius 3 is 2.10 bits per heavy atom. The van der Waals surface area contributed by atoms with Crippen molar-refractivity contribution in [3.63, 3.8) is 0 Å². The zero-order valence-electron chi connectivity index (χ0n) is 12.8. The second-order valence-corrected chi connectivity index (χ2v) is 6.91. The van der Waals surface area contributed by atoms with E-state index in [4.69, 9.17) is 0 Å². The van der Waals surface area contributed by atoms with Crippen LogP contribution >= 0.6 is 0 Å². The molecule has 2 aromatic rings. The van der Waals surface area contributed by atoms with Crippen LogP contribution in [0.1, 0.15) is 87.3 Å². The Labute approximate surface area is 126 Å². The highest BCUT2D eigenvalue weighted by molar-refractivity contribution is 5.34. The summed E-state index contributed by atoms with van der Waals surface area (Å²) in [5.41, 5.74) is 2.83. The zero-order valence-corrected chi connectivity index (χ0v) is 12.8. The molecule has 2 fully saturated rings. The molecule has 3 heteroatoms. The second-order valence-electron chi connectivity index (χ2n) is 6.91. The van der Waals surface area contributed by atoms with Gasteiger partial charge in [-0.2, -0.15) is 0 Å². The fourth-order valence-electron chi connectivity index (χ4n) is 4.25. The smallest absolute Gasteiger partial charge is 0.233 e. The van der Waals surface area contributed by atoms with Gasteiger partial charge in [-0.3, -0.25) is 4.40 Å². The number of fused-ring (bicyclic) bond motifs is 1. The molecule has 0 radical (unpaired) electrons. The van der Waals surface area contributed by atoms with E-state index in [1.807, 2.05) is 0 Å². The van der Waals surface area contributed by atoms with E-state index in [1.54, 1.807) is 0 Å². The molecule has 112 valence electrons. The van der Waals surface area contributed by atoms with E-state index >= 15 is 0 Å². The van der Waals surface area contributed by atoms with Crippen LogP contribution in [0.5, 0.6) is 0 Å². The summed E-state index contributed by atoms with van der Waals surface area (Å²) >= 11 is 0. The van der Waals surface area contributed by atoms with Gasteiger partial charge in [0.2, 0.25) is 5.78 Å². The number of rotatable bonds is 2. The molecule has 0 aromatic carbocycles. The molecule has 2 aliphatic carbocycles. The van der Waals surface area contributed by atoms with Gasteiger partial charge in [-0.05, 0) is 37.2 Å². The minimum atomic E-state index is 0.692. The summed E-state index contributed by atoms with van der Waals surface area (Å²) < 4.78 is 2.29. The average Bonchev–Trinajstić information content (AvgIpc) is 2.99. The molecular weight excluding hydrogens is 258 g/mol. The van der Waals surface area contributed by atoms with Gasteiger partial charge in [-0.25, -0.2) is 9.97 Å². The highest BCUT2D eigenvalue weighted by atomic mass is 15.1. The Bertz CT molecular complexity index is 604. The molecule has 4 rings (SSSR count). The number of imidazole rings is 1. The predicted molar refractivity (Wildman–Crippen MR) is 84.6 cm³/mol. The van der Waals surface area contributed by atoms with Crippen LogP contribution in [0.25, 0.3) is 5.78 Å². The Morgan fingerprint density at radius 1 is 0.762 bits per heavy atom. The van der Waals surface area contributed by atoms with Crippen molar-refractivity contribution in [1.82, 2.24) is 14.4 Å². The van der Waals surface area contributed by atoms with Crippen LogP contribution in [0, 0.1) is 0 Å². The van der Waals surface area contributed by atoms with Crippen LogP contribution in [0.2, 0.25) is 0 Å². The van der Waals surface area contributed by atoms with Gasteiger partial charge in [0, 0.05) is 24.0 Å². The molecule has 2 aromatic heterocycles. The largest absolute Gasteiger partial charge is 0.288 e. The lowest BCUT2D eigenvalue weighted by Crippen LogP contribution is -2.10. The first-order valence-electron chi connectivity index (χ1n) is 8.75. The molecule has 3 nitrogen and oxygen atoms in total. The Hall–Kier alpha value is -1.38. The van der Waals surface area contributed by atoms with Crippen molar-refractivity contribution in [3.05, 3.63) is 29.8 Å². The monoisotopic (exact) mass is 283 g/mol. The SMILES string of the molecule is c1nc2ncc(C3CCCCC3)n2cc1C1CCCCC1. The second kappa shape index (κ2) is 5.78. The van der Waals surface area contributed by atoms with E-state index in [1.165, 1.54) is 75.5 Å². The highest BCUT2D eigenvalue weighted by Gasteiger charge is 2.21. The summed E-state index contributed by atoms with van der Waals surface area (Å²) in [6.45, 7) is 0. The van der Waals surface area contributed by atoms with Crippen LogP contribution in [-0.2, 0) is 0 Å². The van der Waals surface area contributed by atoms with Crippen molar-refractivity contribution in [1.29, 1.82) is 0 Å². The summed E-state index contributed by atoms with van der Waals surface area (Å²) in [6.07, 6.45) is 20.1. The standard InChI is InChI=1S/C18H25N3/c1-3-7-14(8-4-1)16-11-19-18-20-12-17(21(18)13-16)15-9-5-2-6-10-15/h11-15H,1-10H2. The molecule has 0 aliphatic heterocycles. The molecule has 2 heterocycles. The van der Waals surface area contributed by atoms with Crippen molar-refractivity contribution in [2.45, 2.75) is 76.0 Å². The van der Waals surface area contributed by atoms with E-state index in [2.05, 4.69) is 33.0 Å². The van der Waals surface area contributed by atoms with Crippen LogP contribution < -0.4 is 0 Å². The van der Waals surface area contributed by atoms with Crippen molar-refractivity contribution in [2.75, 3.05) is 0 Å². The summed E-state index contributed by atoms with van der Waals surface area (Å²) in [7, 11) is 0. The molecule has 0 spiro atoms. The summed E-state index contributed by atoms with van der Waals surface area (Å²) in [5, 5.41) is 0. The fraction of sp³-hybridized carbons (Fsp3) is 0.667. The van der Waals surface area contributed by atoms with Gasteiger partial charge in [0.1, 0.15) is 0 Å². The lowest BCUT2D eigenvalue weighted by molar-refractivity contribution is 0.432. The quantitative estimate of drug-likeness (QED) is 0.790. The molecule has 2 saturated carbocycles. The van der Waals surface area contributed by atoms with Crippen molar-refractivity contribution in [3.8, 4) is 0 Å². The maximum absolute atomic E-state index is 4.62. The van der Waals surface area contributed by atoms with E-state index in [-0.39, 0.29) is 0 Å². The van der Waals surface area contributed by atoms with Gasteiger partial charge in [0.25, 0.3) is 0 Å². The molecule has 0 atom stereocenters. The topological polar surface area (TPSA) is 30.2 Å². The van der Waals surface area contributed by atoms with Crippen molar-refractivity contribution in [2.24, 2.45) is 0 Å². The van der Waals surface area contributed by atoms with Gasteiger partial charge >= 0.3 is 0 Å². The van der Waals surface area contributed by atoms with E-state index in [9.17, 15) is 0 Å². The first kappa shape index (κ1) is 13.3. The summed E-state index contributed by atoms with van der Waals surface area (Å²) in [6, 6.07) is 0. The van der Waals surface area contributed by atoms with Crippen LogP contribution in [0.3, 0.4) is 0 Å². The van der Waals surface area contributed by atoms with Gasteiger partial charge in [0.05, 0.1) is 6.20 Å². The van der Waals surface area contributed by atoms with Gasteiger partial charge in [-0.15, -0.1) is 0 Å². The summed E-state index contributed by atoms with van der Waals surface area (Å²) in [4.78, 5) is 9.16.